The van der Waals surface area contributed by atoms with Crippen LogP contribution in [0.2, 0.25) is 0 Å². The van der Waals surface area contributed by atoms with Gasteiger partial charge in [0, 0.05) is 17.2 Å². The number of aliphatic hydroxyl groups excluding tert-OH is 1. The van der Waals surface area contributed by atoms with Gasteiger partial charge in [0.2, 0.25) is 5.78 Å². The number of Topliss-reactive ketones (excluding diaryl/α,β-unsaturated/α-hetero) is 1. The van der Waals surface area contributed by atoms with E-state index in [1.807, 2.05) is 6.07 Å². The highest BCUT2D eigenvalue weighted by molar-refractivity contribution is 6.14. The standard InChI is InChI=1S/C18H16O5/c1-21-15-9-16(22-2)12(10-19)7-11(15)8-17-18(20)13-5-3-4-6-14(13)23-17/h3-9,19H,10H2,1-2H3/b17-8-. The molecule has 0 fully saturated rings. The van der Waals surface area contributed by atoms with Crippen molar-refractivity contribution in [3.05, 3.63) is 58.8 Å². The normalized spacial score (nSPS) is 14.6. The second-order valence-electron chi connectivity index (χ2n) is 5.00. The smallest absolute Gasteiger partial charge is 0.231 e. The molecular formula is C18H16O5. The minimum absolute atomic E-state index is 0.177. The highest BCUT2D eigenvalue weighted by Gasteiger charge is 2.27. The molecule has 0 spiro atoms. The first-order valence-corrected chi connectivity index (χ1v) is 7.07. The molecule has 0 amide bonds. The maximum absolute atomic E-state index is 12.4. The summed E-state index contributed by atoms with van der Waals surface area (Å²) >= 11 is 0. The van der Waals surface area contributed by atoms with E-state index < -0.39 is 0 Å². The van der Waals surface area contributed by atoms with E-state index in [2.05, 4.69) is 0 Å². The molecule has 0 saturated heterocycles. The Morgan fingerprint density at radius 1 is 1.13 bits per heavy atom. The van der Waals surface area contributed by atoms with E-state index >= 15 is 0 Å². The van der Waals surface area contributed by atoms with Crippen molar-refractivity contribution in [1.82, 2.24) is 0 Å². The molecule has 23 heavy (non-hydrogen) atoms. The van der Waals surface area contributed by atoms with Gasteiger partial charge in [0.15, 0.2) is 5.76 Å². The van der Waals surface area contributed by atoms with Gasteiger partial charge in [0.25, 0.3) is 0 Å². The van der Waals surface area contributed by atoms with Gasteiger partial charge in [-0.1, -0.05) is 12.1 Å². The second kappa shape index (κ2) is 6.14. The number of methoxy groups -OCH3 is 2. The molecule has 1 N–H and O–H groups in total. The molecule has 2 aromatic rings. The minimum atomic E-state index is -0.182. The molecule has 3 rings (SSSR count). The van der Waals surface area contributed by atoms with Crippen LogP contribution >= 0.6 is 0 Å². The number of hydrogen-bond acceptors (Lipinski definition) is 5. The average Bonchev–Trinajstić information content (AvgIpc) is 2.90. The molecule has 5 nitrogen and oxygen atoms in total. The number of allylic oxidation sites excluding steroid dienone is 1. The Labute approximate surface area is 133 Å². The first kappa shape index (κ1) is 15.1. The van der Waals surface area contributed by atoms with Crippen LogP contribution in [-0.4, -0.2) is 25.1 Å². The predicted molar refractivity (Wildman–Crippen MR) is 84.8 cm³/mol. The van der Waals surface area contributed by atoms with E-state index in [4.69, 9.17) is 14.2 Å². The number of ketones is 1. The number of benzene rings is 2. The van der Waals surface area contributed by atoms with Crippen molar-refractivity contribution in [2.75, 3.05) is 14.2 Å². The van der Waals surface area contributed by atoms with Crippen LogP contribution in [0.1, 0.15) is 21.5 Å². The lowest BCUT2D eigenvalue weighted by Gasteiger charge is -2.12. The fraction of sp³-hybridized carbons (Fsp3) is 0.167. The van der Waals surface area contributed by atoms with Crippen molar-refractivity contribution in [2.24, 2.45) is 0 Å². The number of rotatable bonds is 4. The summed E-state index contributed by atoms with van der Waals surface area (Å²) in [5.74, 6) is 1.63. The molecule has 0 bridgehead atoms. The number of ether oxygens (including phenoxy) is 3. The van der Waals surface area contributed by atoms with Gasteiger partial charge in [-0.15, -0.1) is 0 Å². The topological polar surface area (TPSA) is 65.0 Å². The van der Waals surface area contributed by atoms with Gasteiger partial charge in [-0.3, -0.25) is 4.79 Å². The van der Waals surface area contributed by atoms with Crippen LogP contribution in [0, 0.1) is 0 Å². The minimum Gasteiger partial charge on any atom is -0.496 e. The quantitative estimate of drug-likeness (QED) is 0.880. The Bertz CT molecular complexity index is 792. The summed E-state index contributed by atoms with van der Waals surface area (Å²) in [4.78, 5) is 12.4. The molecule has 0 saturated carbocycles. The molecule has 2 aromatic carbocycles. The van der Waals surface area contributed by atoms with Crippen LogP contribution in [0.25, 0.3) is 6.08 Å². The van der Waals surface area contributed by atoms with E-state index in [0.29, 0.717) is 33.9 Å². The van der Waals surface area contributed by atoms with Gasteiger partial charge in [-0.25, -0.2) is 0 Å². The molecule has 5 heteroatoms. The summed E-state index contributed by atoms with van der Waals surface area (Å²) in [6.07, 6.45) is 1.61. The molecule has 1 aliphatic heterocycles. The summed E-state index contributed by atoms with van der Waals surface area (Å²) < 4.78 is 16.2. The summed E-state index contributed by atoms with van der Waals surface area (Å²) in [6.45, 7) is -0.182. The Balaban J connectivity index is 2.05. The highest BCUT2D eigenvalue weighted by atomic mass is 16.5. The maximum atomic E-state index is 12.4. The largest absolute Gasteiger partial charge is 0.496 e. The molecule has 1 aliphatic rings. The molecule has 0 aromatic heterocycles. The van der Waals surface area contributed by atoms with Crippen molar-refractivity contribution < 1.29 is 24.1 Å². The van der Waals surface area contributed by atoms with Crippen LogP contribution in [0.4, 0.5) is 0 Å². The Morgan fingerprint density at radius 2 is 1.87 bits per heavy atom. The molecule has 0 atom stereocenters. The zero-order chi connectivity index (χ0) is 16.4. The van der Waals surface area contributed by atoms with Gasteiger partial charge in [-0.05, 0) is 24.3 Å². The second-order valence-corrected chi connectivity index (χ2v) is 5.00. The van der Waals surface area contributed by atoms with Gasteiger partial charge in [-0.2, -0.15) is 0 Å². The highest BCUT2D eigenvalue weighted by Crippen LogP contribution is 2.35. The van der Waals surface area contributed by atoms with Crippen molar-refractivity contribution >= 4 is 11.9 Å². The third kappa shape index (κ3) is 2.66. The monoisotopic (exact) mass is 312 g/mol. The Morgan fingerprint density at radius 3 is 2.52 bits per heavy atom. The number of fused-ring (bicyclic) bond motifs is 1. The van der Waals surface area contributed by atoms with Crippen LogP contribution in [0.3, 0.4) is 0 Å². The molecular weight excluding hydrogens is 296 g/mol. The van der Waals surface area contributed by atoms with Crippen molar-refractivity contribution in [2.45, 2.75) is 6.61 Å². The van der Waals surface area contributed by atoms with Gasteiger partial charge >= 0.3 is 0 Å². The molecule has 1 heterocycles. The Kier molecular flexibility index (Phi) is 4.04. The van der Waals surface area contributed by atoms with E-state index in [1.165, 1.54) is 14.2 Å². The van der Waals surface area contributed by atoms with Crippen LogP contribution in [0.5, 0.6) is 17.2 Å². The van der Waals surface area contributed by atoms with E-state index in [1.54, 1.807) is 36.4 Å². The molecule has 0 aliphatic carbocycles. The molecule has 0 radical (unpaired) electrons. The van der Waals surface area contributed by atoms with Crippen molar-refractivity contribution in [1.29, 1.82) is 0 Å². The van der Waals surface area contributed by atoms with Crippen LogP contribution in [-0.2, 0) is 6.61 Å². The van der Waals surface area contributed by atoms with Gasteiger partial charge in [0.05, 0.1) is 26.4 Å². The molecule has 0 unspecified atom stereocenters. The fourth-order valence-electron chi connectivity index (χ4n) is 2.51. The lowest BCUT2D eigenvalue weighted by atomic mass is 10.1. The van der Waals surface area contributed by atoms with Crippen molar-refractivity contribution in [3.63, 3.8) is 0 Å². The lowest BCUT2D eigenvalue weighted by Crippen LogP contribution is -2.00. The maximum Gasteiger partial charge on any atom is 0.231 e. The van der Waals surface area contributed by atoms with Crippen LogP contribution < -0.4 is 14.2 Å². The zero-order valence-corrected chi connectivity index (χ0v) is 12.8. The third-order valence-electron chi connectivity index (χ3n) is 3.67. The van der Waals surface area contributed by atoms with E-state index in [-0.39, 0.29) is 18.1 Å². The van der Waals surface area contributed by atoms with Gasteiger partial charge < -0.3 is 19.3 Å². The fourth-order valence-corrected chi connectivity index (χ4v) is 2.51. The third-order valence-corrected chi connectivity index (χ3v) is 3.67. The van der Waals surface area contributed by atoms with Crippen LogP contribution in [0.15, 0.2) is 42.2 Å². The first-order valence-electron chi connectivity index (χ1n) is 7.07. The summed E-state index contributed by atoms with van der Waals surface area (Å²) in [6, 6.07) is 10.5. The van der Waals surface area contributed by atoms with E-state index in [0.717, 1.165) is 0 Å². The number of carbonyl (C=O) groups excluding carboxylic acids is 1. The number of hydrogen-bond donors (Lipinski definition) is 1. The predicted octanol–water partition coefficient (Wildman–Crippen LogP) is 2.81. The van der Waals surface area contributed by atoms with E-state index in [9.17, 15) is 9.90 Å². The Hall–Kier alpha value is -2.79. The SMILES string of the molecule is COc1cc(OC)c(CO)cc1/C=C1\Oc2ccccc2C1=O. The number of para-hydroxylation sites is 1. The first-order chi connectivity index (χ1) is 11.2. The summed E-state index contributed by atoms with van der Waals surface area (Å²) in [7, 11) is 3.05. The average molecular weight is 312 g/mol. The summed E-state index contributed by atoms with van der Waals surface area (Å²) in [5, 5.41) is 9.45. The van der Waals surface area contributed by atoms with Gasteiger partial charge in [0.1, 0.15) is 17.2 Å². The number of aliphatic hydroxyl groups is 1. The molecule has 118 valence electrons. The van der Waals surface area contributed by atoms with Crippen molar-refractivity contribution in [3.8, 4) is 17.2 Å². The lowest BCUT2D eigenvalue weighted by molar-refractivity contribution is 0.101. The number of carbonyl (C=O) groups is 1. The zero-order valence-electron chi connectivity index (χ0n) is 12.8. The summed E-state index contributed by atoms with van der Waals surface area (Å²) in [5.41, 5.74) is 1.77.